The van der Waals surface area contributed by atoms with Crippen molar-refractivity contribution in [2.45, 2.75) is 25.1 Å². The minimum atomic E-state index is -4.69. The molecule has 0 aromatic heterocycles. The van der Waals surface area contributed by atoms with Gasteiger partial charge in [-0.1, -0.05) is 12.1 Å². The number of benzene rings is 1. The van der Waals surface area contributed by atoms with Crippen LogP contribution in [-0.2, 0) is 6.54 Å². The maximum atomic E-state index is 12.0. The molecule has 0 radical (unpaired) electrons. The van der Waals surface area contributed by atoms with E-state index >= 15 is 0 Å². The molecular formula is C12H14F3NO3. The molecule has 2 rings (SSSR count). The van der Waals surface area contributed by atoms with Crippen LogP contribution in [0.3, 0.4) is 0 Å². The summed E-state index contributed by atoms with van der Waals surface area (Å²) in [5.41, 5.74) is 0.788. The molecule has 19 heavy (non-hydrogen) atoms. The summed E-state index contributed by atoms with van der Waals surface area (Å²) in [6.45, 7) is 1.16. The summed E-state index contributed by atoms with van der Waals surface area (Å²) in [6.07, 6.45) is -6.23. The van der Waals surface area contributed by atoms with Gasteiger partial charge in [-0.3, -0.25) is 4.90 Å². The zero-order valence-corrected chi connectivity index (χ0v) is 9.97. The first-order valence-electron chi connectivity index (χ1n) is 5.77. The van der Waals surface area contributed by atoms with Crippen molar-refractivity contribution in [2.75, 3.05) is 13.1 Å². The Labute approximate surface area is 108 Å². The molecule has 1 heterocycles. The van der Waals surface area contributed by atoms with Crippen molar-refractivity contribution in [3.05, 3.63) is 29.8 Å². The van der Waals surface area contributed by atoms with E-state index in [1.54, 1.807) is 0 Å². The van der Waals surface area contributed by atoms with E-state index in [1.165, 1.54) is 24.3 Å². The van der Waals surface area contributed by atoms with Crippen LogP contribution >= 0.6 is 0 Å². The molecule has 0 unspecified atom stereocenters. The van der Waals surface area contributed by atoms with Gasteiger partial charge in [-0.2, -0.15) is 0 Å². The number of nitrogens with zero attached hydrogens (tertiary/aromatic N) is 1. The van der Waals surface area contributed by atoms with Gasteiger partial charge in [0.15, 0.2) is 0 Å². The van der Waals surface area contributed by atoms with Gasteiger partial charge in [0.1, 0.15) is 5.75 Å². The number of hydrogen-bond donors (Lipinski definition) is 2. The van der Waals surface area contributed by atoms with Gasteiger partial charge < -0.3 is 14.9 Å². The number of ether oxygens (including phenoxy) is 1. The lowest BCUT2D eigenvalue weighted by Crippen LogP contribution is -2.22. The van der Waals surface area contributed by atoms with Crippen LogP contribution < -0.4 is 4.74 Å². The topological polar surface area (TPSA) is 52.9 Å². The molecule has 1 aliphatic rings. The standard InChI is InChI=1S/C12H14F3NO3/c13-12(14,15)19-9-3-1-8(2-4-9)5-16-6-10(17)11(18)7-16/h1-4,10-11,17-18H,5-7H2/t10-,11+. The van der Waals surface area contributed by atoms with Crippen molar-refractivity contribution in [3.8, 4) is 5.75 Å². The average Bonchev–Trinajstić information content (AvgIpc) is 2.59. The summed E-state index contributed by atoms with van der Waals surface area (Å²) >= 11 is 0. The highest BCUT2D eigenvalue weighted by atomic mass is 19.4. The van der Waals surface area contributed by atoms with Crippen LogP contribution in [0.1, 0.15) is 5.56 Å². The molecule has 7 heteroatoms. The van der Waals surface area contributed by atoms with Gasteiger partial charge in [0, 0.05) is 19.6 Å². The summed E-state index contributed by atoms with van der Waals surface area (Å²) in [5.74, 6) is -0.266. The Morgan fingerprint density at radius 2 is 1.63 bits per heavy atom. The van der Waals surface area contributed by atoms with Crippen molar-refractivity contribution in [2.24, 2.45) is 0 Å². The molecule has 2 atom stereocenters. The predicted molar refractivity (Wildman–Crippen MR) is 60.4 cm³/mol. The second-order valence-corrected chi connectivity index (χ2v) is 4.52. The third kappa shape index (κ3) is 4.09. The second-order valence-electron chi connectivity index (χ2n) is 4.52. The molecule has 0 spiro atoms. The molecule has 0 saturated carbocycles. The highest BCUT2D eigenvalue weighted by molar-refractivity contribution is 5.27. The van der Waals surface area contributed by atoms with E-state index in [1.807, 2.05) is 4.90 Å². The Hall–Kier alpha value is -1.31. The van der Waals surface area contributed by atoms with Gasteiger partial charge in [0.05, 0.1) is 12.2 Å². The van der Waals surface area contributed by atoms with Gasteiger partial charge in [-0.05, 0) is 17.7 Å². The molecule has 1 fully saturated rings. The van der Waals surface area contributed by atoms with Crippen molar-refractivity contribution in [1.29, 1.82) is 0 Å². The SMILES string of the molecule is O[C@@H]1CN(Cc2ccc(OC(F)(F)F)cc2)C[C@@H]1O. The quantitative estimate of drug-likeness (QED) is 0.869. The zero-order valence-electron chi connectivity index (χ0n) is 9.97. The van der Waals surface area contributed by atoms with E-state index in [4.69, 9.17) is 0 Å². The summed E-state index contributed by atoms with van der Waals surface area (Å²) in [4.78, 5) is 1.83. The molecule has 2 N–H and O–H groups in total. The fourth-order valence-corrected chi connectivity index (χ4v) is 2.03. The van der Waals surface area contributed by atoms with E-state index < -0.39 is 18.6 Å². The third-order valence-corrected chi connectivity index (χ3v) is 2.90. The minimum absolute atomic E-state index is 0.266. The van der Waals surface area contributed by atoms with Crippen LogP contribution in [0.25, 0.3) is 0 Å². The van der Waals surface area contributed by atoms with Crippen LogP contribution in [0.15, 0.2) is 24.3 Å². The van der Waals surface area contributed by atoms with Crippen LogP contribution in [0.2, 0.25) is 0 Å². The monoisotopic (exact) mass is 277 g/mol. The van der Waals surface area contributed by atoms with Gasteiger partial charge in [0.2, 0.25) is 0 Å². The van der Waals surface area contributed by atoms with Gasteiger partial charge in [-0.25, -0.2) is 0 Å². The third-order valence-electron chi connectivity index (χ3n) is 2.90. The number of aliphatic hydroxyl groups excluding tert-OH is 2. The van der Waals surface area contributed by atoms with E-state index in [2.05, 4.69) is 4.74 Å². The molecule has 1 aromatic carbocycles. The molecule has 1 aliphatic heterocycles. The summed E-state index contributed by atoms with van der Waals surface area (Å²) in [7, 11) is 0. The second kappa shape index (κ2) is 5.36. The minimum Gasteiger partial charge on any atom is -0.406 e. The molecule has 0 aliphatic carbocycles. The van der Waals surface area contributed by atoms with Crippen LogP contribution in [0, 0.1) is 0 Å². The smallest absolute Gasteiger partial charge is 0.406 e. The highest BCUT2D eigenvalue weighted by Crippen LogP contribution is 2.23. The van der Waals surface area contributed by atoms with E-state index in [0.717, 1.165) is 5.56 Å². The number of halogens is 3. The largest absolute Gasteiger partial charge is 0.573 e. The van der Waals surface area contributed by atoms with Gasteiger partial charge in [0.25, 0.3) is 0 Å². The van der Waals surface area contributed by atoms with Gasteiger partial charge in [-0.15, -0.1) is 13.2 Å². The first kappa shape index (κ1) is 14.1. The predicted octanol–water partition coefficient (Wildman–Crippen LogP) is 1.12. The van der Waals surface area contributed by atoms with E-state index in [-0.39, 0.29) is 5.75 Å². The lowest BCUT2D eigenvalue weighted by molar-refractivity contribution is -0.274. The number of hydrogen-bond acceptors (Lipinski definition) is 4. The van der Waals surface area contributed by atoms with Crippen molar-refractivity contribution in [1.82, 2.24) is 4.90 Å². The van der Waals surface area contributed by atoms with E-state index in [0.29, 0.717) is 19.6 Å². The Morgan fingerprint density at radius 1 is 1.11 bits per heavy atom. The Morgan fingerprint density at radius 3 is 2.11 bits per heavy atom. The number of β-amino-alcohol motifs (C(OH)–C–C–N with tert-alkyl or cyclic N) is 2. The normalized spacial score (nSPS) is 24.7. The average molecular weight is 277 g/mol. The molecular weight excluding hydrogens is 263 g/mol. The van der Waals surface area contributed by atoms with Crippen molar-refractivity contribution < 1.29 is 28.1 Å². The maximum Gasteiger partial charge on any atom is 0.573 e. The summed E-state index contributed by atoms with van der Waals surface area (Å²) in [5, 5.41) is 18.8. The van der Waals surface area contributed by atoms with E-state index in [9.17, 15) is 23.4 Å². The molecule has 106 valence electrons. The summed E-state index contributed by atoms with van der Waals surface area (Å²) < 4.78 is 39.7. The maximum absolute atomic E-state index is 12.0. The van der Waals surface area contributed by atoms with Gasteiger partial charge >= 0.3 is 6.36 Å². The first-order valence-corrected chi connectivity index (χ1v) is 5.77. The van der Waals surface area contributed by atoms with Crippen molar-refractivity contribution >= 4 is 0 Å². The van der Waals surface area contributed by atoms with Crippen LogP contribution in [0.4, 0.5) is 13.2 Å². The molecule has 0 bridgehead atoms. The first-order chi connectivity index (χ1) is 8.83. The lowest BCUT2D eigenvalue weighted by atomic mass is 10.2. The lowest BCUT2D eigenvalue weighted by Gasteiger charge is -2.15. The molecule has 0 amide bonds. The Bertz CT molecular complexity index is 411. The fraction of sp³-hybridized carbons (Fsp3) is 0.500. The molecule has 1 saturated heterocycles. The van der Waals surface area contributed by atoms with Crippen LogP contribution in [-0.4, -0.2) is 46.8 Å². The zero-order chi connectivity index (χ0) is 14.0. The number of aliphatic hydroxyl groups is 2. The molecule has 4 nitrogen and oxygen atoms in total. The molecule has 1 aromatic rings. The van der Waals surface area contributed by atoms with Crippen molar-refractivity contribution in [3.63, 3.8) is 0 Å². The Balaban J connectivity index is 1.92. The van der Waals surface area contributed by atoms with Crippen LogP contribution in [0.5, 0.6) is 5.75 Å². The summed E-state index contributed by atoms with van der Waals surface area (Å²) in [6, 6.07) is 5.54. The number of rotatable bonds is 3. The Kier molecular flexibility index (Phi) is 3.98. The number of alkyl halides is 3. The number of likely N-dealkylation sites (tertiary alicyclic amines) is 1. The highest BCUT2D eigenvalue weighted by Gasteiger charge is 2.31. The fourth-order valence-electron chi connectivity index (χ4n) is 2.03.